The van der Waals surface area contributed by atoms with E-state index < -0.39 is 0 Å². The Labute approximate surface area is 196 Å². The molecule has 3 aliphatic rings. The van der Waals surface area contributed by atoms with Crippen LogP contribution in [0.2, 0.25) is 5.02 Å². The molecule has 7 heteroatoms. The Hall–Kier alpha value is -1.37. The Morgan fingerprint density at radius 3 is 2.50 bits per heavy atom. The minimum Gasteiger partial charge on any atom is -0.489 e. The van der Waals surface area contributed by atoms with Crippen LogP contribution in [0.5, 0.6) is 5.75 Å². The predicted molar refractivity (Wildman–Crippen MR) is 124 cm³/mol. The first-order valence-electron chi connectivity index (χ1n) is 12.3. The van der Waals surface area contributed by atoms with Crippen LogP contribution in [-0.4, -0.2) is 55.8 Å². The summed E-state index contributed by atoms with van der Waals surface area (Å²) in [6.07, 6.45) is 9.67. The van der Waals surface area contributed by atoms with Crippen molar-refractivity contribution in [1.82, 2.24) is 10.2 Å². The van der Waals surface area contributed by atoms with Crippen LogP contribution >= 0.6 is 11.6 Å². The zero-order valence-electron chi connectivity index (χ0n) is 18.9. The SMILES string of the molecule is O=C(N[C@H]1CC[C@H](CCN2CCC(Oc3ccc(F)cc3Cl)CC2)CC1)C1CCOCC1. The molecule has 2 aliphatic heterocycles. The molecular weight excluding hydrogens is 431 g/mol. The van der Waals surface area contributed by atoms with Crippen molar-refractivity contribution < 1.29 is 18.7 Å². The van der Waals surface area contributed by atoms with Crippen molar-refractivity contribution in [3.05, 3.63) is 29.0 Å². The molecule has 2 heterocycles. The second kappa shape index (κ2) is 11.7. The second-order valence-electron chi connectivity index (χ2n) is 9.64. The Bertz CT molecular complexity index is 743. The van der Waals surface area contributed by atoms with Gasteiger partial charge in [0.25, 0.3) is 0 Å². The summed E-state index contributed by atoms with van der Waals surface area (Å²) in [6.45, 7) is 4.62. The number of ether oxygens (including phenoxy) is 2. The van der Waals surface area contributed by atoms with Gasteiger partial charge in [-0.05, 0) is 88.4 Å². The van der Waals surface area contributed by atoms with Gasteiger partial charge in [-0.2, -0.15) is 0 Å². The summed E-state index contributed by atoms with van der Waals surface area (Å²) in [5.41, 5.74) is 0. The second-order valence-corrected chi connectivity index (χ2v) is 10.0. The van der Waals surface area contributed by atoms with E-state index in [-0.39, 0.29) is 23.7 Å². The van der Waals surface area contributed by atoms with Crippen molar-refractivity contribution in [1.29, 1.82) is 0 Å². The number of amides is 1. The van der Waals surface area contributed by atoms with Crippen molar-refractivity contribution in [2.24, 2.45) is 11.8 Å². The van der Waals surface area contributed by atoms with Gasteiger partial charge in [0.05, 0.1) is 5.02 Å². The average Bonchev–Trinajstić information content (AvgIpc) is 2.82. The number of hydrogen-bond donors (Lipinski definition) is 1. The lowest BCUT2D eigenvalue weighted by Gasteiger charge is -2.35. The Morgan fingerprint density at radius 1 is 1.09 bits per heavy atom. The number of carbonyl (C=O) groups excluding carboxylic acids is 1. The van der Waals surface area contributed by atoms with Crippen LogP contribution in [0.25, 0.3) is 0 Å². The van der Waals surface area contributed by atoms with Crippen LogP contribution in [0.15, 0.2) is 18.2 Å². The van der Waals surface area contributed by atoms with E-state index in [1.165, 1.54) is 31.4 Å². The van der Waals surface area contributed by atoms with Crippen molar-refractivity contribution in [2.45, 2.75) is 69.9 Å². The molecule has 1 aromatic carbocycles. The zero-order chi connectivity index (χ0) is 22.3. The number of benzene rings is 1. The van der Waals surface area contributed by atoms with Crippen LogP contribution in [0.1, 0.15) is 57.8 Å². The van der Waals surface area contributed by atoms with Crippen molar-refractivity contribution >= 4 is 17.5 Å². The van der Waals surface area contributed by atoms with Gasteiger partial charge in [-0.1, -0.05) is 11.6 Å². The minimum atomic E-state index is -0.340. The van der Waals surface area contributed by atoms with Gasteiger partial charge < -0.3 is 19.7 Å². The molecule has 0 unspecified atom stereocenters. The Balaban J connectivity index is 1.10. The number of likely N-dealkylation sites (tertiary alicyclic amines) is 1. The van der Waals surface area contributed by atoms with Crippen LogP contribution in [0.4, 0.5) is 4.39 Å². The maximum atomic E-state index is 13.2. The lowest BCUT2D eigenvalue weighted by atomic mass is 9.83. The van der Waals surface area contributed by atoms with Gasteiger partial charge in [-0.15, -0.1) is 0 Å². The van der Waals surface area contributed by atoms with Gasteiger partial charge in [-0.3, -0.25) is 4.79 Å². The monoisotopic (exact) mass is 466 g/mol. The third kappa shape index (κ3) is 6.82. The predicted octanol–water partition coefficient (Wildman–Crippen LogP) is 4.81. The molecule has 1 amide bonds. The van der Waals surface area contributed by atoms with E-state index >= 15 is 0 Å². The lowest BCUT2D eigenvalue weighted by Crippen LogP contribution is -2.43. The van der Waals surface area contributed by atoms with Gasteiger partial charge in [-0.25, -0.2) is 4.39 Å². The van der Waals surface area contributed by atoms with Crippen LogP contribution in [0, 0.1) is 17.7 Å². The molecule has 2 saturated heterocycles. The van der Waals surface area contributed by atoms with E-state index in [1.54, 1.807) is 6.07 Å². The van der Waals surface area contributed by atoms with Crippen molar-refractivity contribution in [3.63, 3.8) is 0 Å². The van der Waals surface area contributed by atoms with E-state index in [2.05, 4.69) is 10.2 Å². The van der Waals surface area contributed by atoms with E-state index in [4.69, 9.17) is 21.1 Å². The molecule has 5 nitrogen and oxygen atoms in total. The third-order valence-corrected chi connectivity index (χ3v) is 7.66. The summed E-state index contributed by atoms with van der Waals surface area (Å²) < 4.78 is 24.6. The van der Waals surface area contributed by atoms with E-state index in [1.807, 2.05) is 0 Å². The summed E-state index contributed by atoms with van der Waals surface area (Å²) in [4.78, 5) is 15.0. The maximum Gasteiger partial charge on any atom is 0.223 e. The highest BCUT2D eigenvalue weighted by Crippen LogP contribution is 2.30. The van der Waals surface area contributed by atoms with Crippen LogP contribution < -0.4 is 10.1 Å². The number of nitrogens with one attached hydrogen (secondary N) is 1. The Kier molecular flexibility index (Phi) is 8.67. The molecule has 178 valence electrons. The molecule has 1 saturated carbocycles. The maximum absolute atomic E-state index is 13.2. The van der Waals surface area contributed by atoms with Gasteiger partial charge in [0.15, 0.2) is 0 Å². The molecular formula is C25H36ClFN2O3. The van der Waals surface area contributed by atoms with Crippen molar-refractivity contribution in [2.75, 3.05) is 32.8 Å². The smallest absolute Gasteiger partial charge is 0.223 e. The van der Waals surface area contributed by atoms with Gasteiger partial charge in [0.2, 0.25) is 5.91 Å². The average molecular weight is 467 g/mol. The number of piperidine rings is 1. The fraction of sp³-hybridized carbons (Fsp3) is 0.720. The van der Waals surface area contributed by atoms with Crippen LogP contribution in [-0.2, 0) is 9.53 Å². The molecule has 1 aliphatic carbocycles. The highest BCUT2D eigenvalue weighted by molar-refractivity contribution is 6.32. The van der Waals surface area contributed by atoms with Gasteiger partial charge in [0.1, 0.15) is 17.7 Å². The van der Waals surface area contributed by atoms with E-state index in [9.17, 15) is 9.18 Å². The topological polar surface area (TPSA) is 50.8 Å². The quantitative estimate of drug-likeness (QED) is 0.626. The number of rotatable bonds is 7. The molecule has 0 radical (unpaired) electrons. The first-order valence-corrected chi connectivity index (χ1v) is 12.7. The molecule has 32 heavy (non-hydrogen) atoms. The molecule has 0 atom stereocenters. The number of halogens is 2. The molecule has 0 aromatic heterocycles. The summed E-state index contributed by atoms with van der Waals surface area (Å²) in [5, 5.41) is 3.64. The summed E-state index contributed by atoms with van der Waals surface area (Å²) in [6, 6.07) is 4.66. The van der Waals surface area contributed by atoms with E-state index in [0.29, 0.717) is 30.0 Å². The lowest BCUT2D eigenvalue weighted by molar-refractivity contribution is -0.128. The molecule has 4 rings (SSSR count). The minimum absolute atomic E-state index is 0.143. The molecule has 1 N–H and O–H groups in total. The fourth-order valence-electron chi connectivity index (χ4n) is 5.24. The third-order valence-electron chi connectivity index (χ3n) is 7.36. The first-order chi connectivity index (χ1) is 15.6. The number of nitrogens with zero attached hydrogens (tertiary/aromatic N) is 1. The zero-order valence-corrected chi connectivity index (χ0v) is 19.6. The molecule has 0 spiro atoms. The van der Waals surface area contributed by atoms with Gasteiger partial charge in [0, 0.05) is 38.3 Å². The molecule has 0 bridgehead atoms. The summed E-state index contributed by atoms with van der Waals surface area (Å²) >= 11 is 6.09. The fourth-order valence-corrected chi connectivity index (χ4v) is 5.45. The van der Waals surface area contributed by atoms with E-state index in [0.717, 1.165) is 64.1 Å². The largest absolute Gasteiger partial charge is 0.489 e. The Morgan fingerprint density at radius 2 is 1.81 bits per heavy atom. The number of hydrogen-bond acceptors (Lipinski definition) is 4. The van der Waals surface area contributed by atoms with Crippen molar-refractivity contribution in [3.8, 4) is 5.75 Å². The standard InChI is InChI=1S/C25H36ClFN2O3/c26-23-17-20(27)3-6-24(23)32-22-8-13-29(14-9-22)12-7-18-1-4-21(5-2-18)28-25(30)19-10-15-31-16-11-19/h3,6,17-19,21-22H,1-2,4-5,7-16H2,(H,28,30)/t18-,21-. The molecule has 3 fully saturated rings. The summed E-state index contributed by atoms with van der Waals surface area (Å²) in [5.74, 6) is 1.38. The highest BCUT2D eigenvalue weighted by Gasteiger charge is 2.28. The highest BCUT2D eigenvalue weighted by atomic mass is 35.5. The first kappa shape index (κ1) is 23.8. The van der Waals surface area contributed by atoms with Crippen LogP contribution in [0.3, 0.4) is 0 Å². The normalized spacial score (nSPS) is 26.1. The van der Waals surface area contributed by atoms with Gasteiger partial charge >= 0.3 is 0 Å². The summed E-state index contributed by atoms with van der Waals surface area (Å²) in [7, 11) is 0. The molecule has 1 aromatic rings. The number of carbonyl (C=O) groups is 1.